The molecular formula is C20H21FN4O4. The SMILES string of the molecule is Cc1ccc([C@@H](C)NC(=O)N2C(=O)[C@H](Cc3ccnc(N)c3)[C@H]2C(=O)O)cc1F. The molecule has 1 aliphatic heterocycles. The van der Waals surface area contributed by atoms with Crippen molar-refractivity contribution < 1.29 is 23.9 Å². The Kier molecular flexibility index (Phi) is 5.49. The number of β-lactam (4-membered cyclic amide) rings is 1. The van der Waals surface area contributed by atoms with Crippen molar-refractivity contribution in [2.75, 3.05) is 5.73 Å². The molecule has 152 valence electrons. The molecule has 2 aromatic rings. The molecule has 0 spiro atoms. The number of aliphatic carboxylic acids is 1. The summed E-state index contributed by atoms with van der Waals surface area (Å²) in [6, 6.07) is 5.00. The van der Waals surface area contributed by atoms with Crippen LogP contribution >= 0.6 is 0 Å². The number of carbonyl (C=O) groups is 3. The summed E-state index contributed by atoms with van der Waals surface area (Å²) in [5.41, 5.74) is 7.25. The average molecular weight is 400 g/mol. The number of halogens is 1. The summed E-state index contributed by atoms with van der Waals surface area (Å²) in [5.74, 6) is -2.90. The van der Waals surface area contributed by atoms with E-state index in [1.165, 1.54) is 12.3 Å². The van der Waals surface area contributed by atoms with Crippen LogP contribution in [0.1, 0.15) is 29.7 Å². The Hall–Kier alpha value is -3.49. The van der Waals surface area contributed by atoms with Crippen LogP contribution in [0.2, 0.25) is 0 Å². The van der Waals surface area contributed by atoms with Gasteiger partial charge in [-0.15, -0.1) is 0 Å². The van der Waals surface area contributed by atoms with Gasteiger partial charge in [0.15, 0.2) is 6.04 Å². The number of aryl methyl sites for hydroxylation is 1. The summed E-state index contributed by atoms with van der Waals surface area (Å²) >= 11 is 0. The first-order valence-electron chi connectivity index (χ1n) is 9.02. The number of aromatic nitrogens is 1. The lowest BCUT2D eigenvalue weighted by Gasteiger charge is -2.43. The molecular weight excluding hydrogens is 379 g/mol. The molecule has 29 heavy (non-hydrogen) atoms. The van der Waals surface area contributed by atoms with Crippen molar-refractivity contribution in [3.63, 3.8) is 0 Å². The summed E-state index contributed by atoms with van der Waals surface area (Å²) in [6.07, 6.45) is 1.60. The topological polar surface area (TPSA) is 126 Å². The first-order chi connectivity index (χ1) is 13.7. The Bertz CT molecular complexity index is 981. The molecule has 0 bridgehead atoms. The number of urea groups is 1. The van der Waals surface area contributed by atoms with Crippen molar-refractivity contribution in [3.05, 3.63) is 59.0 Å². The molecule has 3 rings (SSSR count). The minimum absolute atomic E-state index is 0.130. The Morgan fingerprint density at radius 2 is 2.07 bits per heavy atom. The minimum atomic E-state index is -1.29. The van der Waals surface area contributed by atoms with E-state index in [9.17, 15) is 23.9 Å². The highest BCUT2D eigenvalue weighted by Crippen LogP contribution is 2.31. The van der Waals surface area contributed by atoms with Gasteiger partial charge in [-0.05, 0) is 55.2 Å². The standard InChI is InChI=1S/C20H21FN4O4/c1-10-3-4-13(9-15(10)21)11(2)24-20(29)25-17(19(27)28)14(18(25)26)7-12-5-6-23-16(22)8-12/h3-6,8-9,11,14,17H,7H2,1-2H3,(H2,22,23)(H,24,29)(H,27,28)/t11-,14-,17+/m1/s1. The number of hydrogen-bond donors (Lipinski definition) is 3. The summed E-state index contributed by atoms with van der Waals surface area (Å²) in [7, 11) is 0. The van der Waals surface area contributed by atoms with Crippen LogP contribution in [0.3, 0.4) is 0 Å². The fourth-order valence-electron chi connectivity index (χ4n) is 3.35. The van der Waals surface area contributed by atoms with Crippen LogP contribution < -0.4 is 11.1 Å². The lowest BCUT2D eigenvalue weighted by atomic mass is 9.82. The molecule has 1 fully saturated rings. The zero-order chi connectivity index (χ0) is 21.3. The Morgan fingerprint density at radius 3 is 2.69 bits per heavy atom. The number of nitrogen functional groups attached to an aromatic ring is 1. The number of carboxylic acid groups (broad SMARTS) is 1. The van der Waals surface area contributed by atoms with Gasteiger partial charge in [-0.2, -0.15) is 0 Å². The predicted molar refractivity (Wildman–Crippen MR) is 102 cm³/mol. The first-order valence-corrected chi connectivity index (χ1v) is 9.02. The molecule has 3 amide bonds. The van der Waals surface area contributed by atoms with Gasteiger partial charge in [0.1, 0.15) is 11.6 Å². The summed E-state index contributed by atoms with van der Waals surface area (Å²) < 4.78 is 13.8. The van der Waals surface area contributed by atoms with Gasteiger partial charge in [0.2, 0.25) is 5.91 Å². The van der Waals surface area contributed by atoms with Gasteiger partial charge in [-0.3, -0.25) is 4.79 Å². The maximum absolute atomic E-state index is 13.8. The molecule has 9 heteroatoms. The van der Waals surface area contributed by atoms with Crippen LogP contribution in [0.25, 0.3) is 0 Å². The highest BCUT2D eigenvalue weighted by atomic mass is 19.1. The highest BCUT2D eigenvalue weighted by molar-refractivity contribution is 6.07. The van der Waals surface area contributed by atoms with Crippen molar-refractivity contribution in [2.45, 2.75) is 32.4 Å². The number of rotatable bonds is 5. The number of anilines is 1. The lowest BCUT2D eigenvalue weighted by Crippen LogP contribution is -2.68. The van der Waals surface area contributed by atoms with Crippen molar-refractivity contribution in [2.24, 2.45) is 5.92 Å². The monoisotopic (exact) mass is 400 g/mol. The van der Waals surface area contributed by atoms with Crippen LogP contribution in [-0.2, 0) is 16.0 Å². The van der Waals surface area contributed by atoms with Crippen molar-refractivity contribution in [3.8, 4) is 0 Å². The van der Waals surface area contributed by atoms with E-state index in [-0.39, 0.29) is 12.2 Å². The second kappa shape index (κ2) is 7.86. The quantitative estimate of drug-likeness (QED) is 0.660. The zero-order valence-electron chi connectivity index (χ0n) is 15.9. The number of nitrogens with two attached hydrogens (primary N) is 1. The van der Waals surface area contributed by atoms with Gasteiger partial charge in [0.25, 0.3) is 0 Å². The largest absolute Gasteiger partial charge is 0.480 e. The van der Waals surface area contributed by atoms with E-state index in [4.69, 9.17) is 5.73 Å². The van der Waals surface area contributed by atoms with Crippen LogP contribution in [0, 0.1) is 18.7 Å². The fourth-order valence-corrected chi connectivity index (χ4v) is 3.35. The highest BCUT2D eigenvalue weighted by Gasteiger charge is 2.54. The number of carbonyl (C=O) groups excluding carboxylic acids is 2. The maximum Gasteiger partial charge on any atom is 0.327 e. The number of nitrogens with zero attached hydrogens (tertiary/aromatic N) is 2. The van der Waals surface area contributed by atoms with Gasteiger partial charge in [-0.1, -0.05) is 12.1 Å². The molecule has 1 saturated heterocycles. The fraction of sp³-hybridized carbons (Fsp3) is 0.300. The molecule has 4 N–H and O–H groups in total. The molecule has 8 nitrogen and oxygen atoms in total. The molecule has 0 radical (unpaired) electrons. The molecule has 3 atom stereocenters. The lowest BCUT2D eigenvalue weighted by molar-refractivity contribution is -0.165. The van der Waals surface area contributed by atoms with Crippen molar-refractivity contribution in [1.82, 2.24) is 15.2 Å². The van der Waals surface area contributed by atoms with Gasteiger partial charge >= 0.3 is 12.0 Å². The van der Waals surface area contributed by atoms with Crippen molar-refractivity contribution >= 4 is 23.7 Å². The predicted octanol–water partition coefficient (Wildman–Crippen LogP) is 2.04. The minimum Gasteiger partial charge on any atom is -0.480 e. The third-order valence-corrected chi connectivity index (χ3v) is 5.02. The average Bonchev–Trinajstić information content (AvgIpc) is 2.65. The second-order valence-corrected chi connectivity index (χ2v) is 7.07. The summed E-state index contributed by atoms with van der Waals surface area (Å²) in [4.78, 5) is 41.3. The molecule has 0 unspecified atom stereocenters. The summed E-state index contributed by atoms with van der Waals surface area (Å²) in [5, 5.41) is 12.1. The second-order valence-electron chi connectivity index (χ2n) is 7.07. The van der Waals surface area contributed by atoms with Crippen LogP contribution in [0.5, 0.6) is 0 Å². The smallest absolute Gasteiger partial charge is 0.327 e. The van der Waals surface area contributed by atoms with E-state index in [1.54, 1.807) is 38.1 Å². The third kappa shape index (κ3) is 4.03. The van der Waals surface area contributed by atoms with Gasteiger partial charge in [0.05, 0.1) is 12.0 Å². The number of nitrogens with one attached hydrogen (secondary N) is 1. The Balaban J connectivity index is 1.72. The van der Waals surface area contributed by atoms with Gasteiger partial charge in [-0.25, -0.2) is 23.9 Å². The number of amides is 3. The Morgan fingerprint density at radius 1 is 1.34 bits per heavy atom. The summed E-state index contributed by atoms with van der Waals surface area (Å²) in [6.45, 7) is 3.24. The van der Waals surface area contributed by atoms with E-state index in [0.717, 1.165) is 0 Å². The van der Waals surface area contributed by atoms with E-state index >= 15 is 0 Å². The molecule has 0 aliphatic carbocycles. The number of likely N-dealkylation sites (tertiary alicyclic amines) is 1. The van der Waals surface area contributed by atoms with E-state index < -0.39 is 41.7 Å². The van der Waals surface area contributed by atoms with Crippen LogP contribution in [-0.4, -0.2) is 38.9 Å². The molecule has 1 aromatic carbocycles. The number of hydrogen-bond acceptors (Lipinski definition) is 5. The van der Waals surface area contributed by atoms with E-state index in [2.05, 4.69) is 10.3 Å². The number of benzene rings is 1. The third-order valence-electron chi connectivity index (χ3n) is 5.02. The molecule has 2 heterocycles. The van der Waals surface area contributed by atoms with Crippen LogP contribution in [0.4, 0.5) is 15.0 Å². The molecule has 1 aromatic heterocycles. The first kappa shape index (κ1) is 20.2. The van der Waals surface area contributed by atoms with E-state index in [1.807, 2.05) is 0 Å². The molecule has 0 saturated carbocycles. The van der Waals surface area contributed by atoms with Gasteiger partial charge < -0.3 is 16.2 Å². The number of carboxylic acids is 1. The number of pyridine rings is 1. The maximum atomic E-state index is 13.8. The van der Waals surface area contributed by atoms with E-state index in [0.29, 0.717) is 21.6 Å². The van der Waals surface area contributed by atoms with Crippen LogP contribution in [0.15, 0.2) is 36.5 Å². The molecule has 1 aliphatic rings. The van der Waals surface area contributed by atoms with Gasteiger partial charge in [0, 0.05) is 6.20 Å². The number of imide groups is 1. The normalized spacial score (nSPS) is 19.4. The van der Waals surface area contributed by atoms with Crippen molar-refractivity contribution in [1.29, 1.82) is 0 Å². The Labute approximate surface area is 166 Å². The zero-order valence-corrected chi connectivity index (χ0v) is 15.9.